The Labute approximate surface area is 135 Å². The summed E-state index contributed by atoms with van der Waals surface area (Å²) < 4.78 is 40.7. The normalized spacial score (nSPS) is 19.1. The lowest BCUT2D eigenvalue weighted by molar-refractivity contribution is 0.00578. The number of benzene rings is 2. The van der Waals surface area contributed by atoms with Crippen molar-refractivity contribution in [3.05, 3.63) is 54.1 Å². The molecule has 3 rings (SSSR count). The molecule has 5 heteroatoms. The summed E-state index contributed by atoms with van der Waals surface area (Å²) in [5.74, 6) is -1.25. The summed E-state index contributed by atoms with van der Waals surface area (Å²) >= 11 is 0. The van der Waals surface area contributed by atoms with Crippen molar-refractivity contribution < 1.29 is 18.1 Å². The molecule has 2 aromatic rings. The summed E-state index contributed by atoms with van der Waals surface area (Å²) in [5, 5.41) is 0. The van der Waals surface area contributed by atoms with Gasteiger partial charge in [-0.05, 0) is 50.9 Å². The molecule has 0 atom stereocenters. The van der Waals surface area contributed by atoms with Crippen LogP contribution in [0, 0.1) is 11.6 Å². The van der Waals surface area contributed by atoms with Crippen molar-refractivity contribution in [2.45, 2.75) is 38.9 Å². The van der Waals surface area contributed by atoms with Crippen LogP contribution in [0.2, 0.25) is 0 Å². The summed E-state index contributed by atoms with van der Waals surface area (Å²) in [6.45, 7) is 7.60. The van der Waals surface area contributed by atoms with Crippen LogP contribution in [0.5, 0.6) is 0 Å². The van der Waals surface area contributed by atoms with E-state index in [1.807, 2.05) is 27.7 Å². The van der Waals surface area contributed by atoms with Crippen molar-refractivity contribution in [1.82, 2.24) is 0 Å². The van der Waals surface area contributed by atoms with Gasteiger partial charge in [-0.3, -0.25) is 0 Å². The van der Waals surface area contributed by atoms with Gasteiger partial charge in [0.25, 0.3) is 0 Å². The van der Waals surface area contributed by atoms with Crippen LogP contribution >= 0.6 is 0 Å². The molecule has 0 unspecified atom stereocenters. The maximum atomic E-state index is 14.5. The van der Waals surface area contributed by atoms with E-state index in [0.29, 0.717) is 11.0 Å². The van der Waals surface area contributed by atoms with Crippen molar-refractivity contribution >= 4 is 12.6 Å². The second kappa shape index (κ2) is 5.43. The lowest BCUT2D eigenvalue weighted by Crippen LogP contribution is -2.41. The van der Waals surface area contributed by atoms with Gasteiger partial charge >= 0.3 is 7.12 Å². The van der Waals surface area contributed by atoms with E-state index in [1.54, 1.807) is 30.3 Å². The molecule has 1 aliphatic heterocycles. The van der Waals surface area contributed by atoms with E-state index in [9.17, 15) is 8.78 Å². The molecule has 1 aliphatic rings. The molecule has 0 spiro atoms. The van der Waals surface area contributed by atoms with Gasteiger partial charge in [-0.2, -0.15) is 0 Å². The highest BCUT2D eigenvalue weighted by Gasteiger charge is 2.51. The third kappa shape index (κ3) is 2.79. The van der Waals surface area contributed by atoms with Crippen LogP contribution < -0.4 is 5.46 Å². The van der Waals surface area contributed by atoms with E-state index in [1.165, 1.54) is 12.1 Å². The van der Waals surface area contributed by atoms with Gasteiger partial charge in [-0.25, -0.2) is 8.78 Å². The van der Waals surface area contributed by atoms with E-state index in [-0.39, 0.29) is 5.56 Å². The van der Waals surface area contributed by atoms with E-state index in [2.05, 4.69) is 0 Å². The van der Waals surface area contributed by atoms with E-state index < -0.39 is 30.0 Å². The quantitative estimate of drug-likeness (QED) is 0.782. The molecule has 0 bridgehead atoms. The second-order valence-corrected chi connectivity index (χ2v) is 6.81. The second-order valence-electron chi connectivity index (χ2n) is 6.81. The molecule has 0 aromatic heterocycles. The SMILES string of the molecule is CC1(C)OB(c2cc(F)c(-c3ccccc3)c(F)c2)OC1(C)C. The molecular weight excluding hydrogens is 297 g/mol. The minimum Gasteiger partial charge on any atom is -0.399 e. The Bertz CT molecular complexity index is 690. The molecular formula is C18H19BF2O2. The van der Waals surface area contributed by atoms with Gasteiger partial charge in [0.15, 0.2) is 0 Å². The predicted molar refractivity (Wildman–Crippen MR) is 87.5 cm³/mol. The Morgan fingerprint density at radius 2 is 1.30 bits per heavy atom. The Hall–Kier alpha value is -1.72. The maximum Gasteiger partial charge on any atom is 0.495 e. The number of rotatable bonds is 2. The van der Waals surface area contributed by atoms with Gasteiger partial charge in [-0.1, -0.05) is 30.3 Å². The van der Waals surface area contributed by atoms with Gasteiger partial charge in [0, 0.05) is 0 Å². The van der Waals surface area contributed by atoms with E-state index in [0.717, 1.165) is 0 Å². The largest absolute Gasteiger partial charge is 0.495 e. The fourth-order valence-corrected chi connectivity index (χ4v) is 2.59. The first kappa shape index (κ1) is 16.2. The van der Waals surface area contributed by atoms with E-state index in [4.69, 9.17) is 9.31 Å². The number of hydrogen-bond acceptors (Lipinski definition) is 2. The zero-order chi connectivity index (χ0) is 16.8. The highest BCUT2D eigenvalue weighted by Crippen LogP contribution is 2.37. The molecule has 0 saturated carbocycles. The third-order valence-corrected chi connectivity index (χ3v) is 4.65. The van der Waals surface area contributed by atoms with Crippen LogP contribution in [0.25, 0.3) is 11.1 Å². The lowest BCUT2D eigenvalue weighted by Gasteiger charge is -2.32. The summed E-state index contributed by atoms with van der Waals surface area (Å²) in [6.07, 6.45) is 0. The first-order valence-corrected chi connectivity index (χ1v) is 7.61. The van der Waals surface area contributed by atoms with Crippen molar-refractivity contribution in [1.29, 1.82) is 0 Å². The Balaban J connectivity index is 1.99. The molecule has 0 aliphatic carbocycles. The molecule has 1 saturated heterocycles. The molecule has 2 nitrogen and oxygen atoms in total. The molecule has 120 valence electrons. The van der Waals surface area contributed by atoms with Crippen LogP contribution in [0.15, 0.2) is 42.5 Å². The van der Waals surface area contributed by atoms with Crippen LogP contribution in [0.3, 0.4) is 0 Å². The van der Waals surface area contributed by atoms with Crippen molar-refractivity contribution in [3.63, 3.8) is 0 Å². The van der Waals surface area contributed by atoms with Crippen LogP contribution in [-0.2, 0) is 9.31 Å². The number of hydrogen-bond donors (Lipinski definition) is 0. The maximum absolute atomic E-state index is 14.5. The third-order valence-electron chi connectivity index (χ3n) is 4.65. The molecule has 0 radical (unpaired) electrons. The lowest BCUT2D eigenvalue weighted by atomic mass is 9.78. The monoisotopic (exact) mass is 316 g/mol. The summed E-state index contributed by atoms with van der Waals surface area (Å²) in [5.41, 5.74) is -0.294. The van der Waals surface area contributed by atoms with Crippen molar-refractivity contribution in [2.75, 3.05) is 0 Å². The molecule has 1 heterocycles. The number of halogens is 2. The summed E-state index contributed by atoms with van der Waals surface area (Å²) in [6, 6.07) is 11.2. The fourth-order valence-electron chi connectivity index (χ4n) is 2.59. The zero-order valence-corrected chi connectivity index (χ0v) is 13.7. The highest BCUT2D eigenvalue weighted by atomic mass is 19.1. The average Bonchev–Trinajstić information content (AvgIpc) is 2.68. The standard InChI is InChI=1S/C18H19BF2O2/c1-17(2)18(3,4)23-19(22-17)13-10-14(20)16(15(21)11-13)12-8-6-5-7-9-12/h5-11H,1-4H3. The minimum absolute atomic E-state index is 0.0362. The molecule has 0 N–H and O–H groups in total. The smallest absolute Gasteiger partial charge is 0.399 e. The highest BCUT2D eigenvalue weighted by molar-refractivity contribution is 6.62. The van der Waals surface area contributed by atoms with Gasteiger partial charge in [0.1, 0.15) is 11.6 Å². The van der Waals surface area contributed by atoms with E-state index >= 15 is 0 Å². The summed E-state index contributed by atoms with van der Waals surface area (Å²) in [4.78, 5) is 0. The molecule has 23 heavy (non-hydrogen) atoms. The molecule has 2 aromatic carbocycles. The van der Waals surface area contributed by atoms with Gasteiger partial charge in [0.2, 0.25) is 0 Å². The first-order chi connectivity index (χ1) is 10.7. The summed E-state index contributed by atoms with van der Waals surface area (Å²) in [7, 11) is -0.783. The molecule has 1 fully saturated rings. The zero-order valence-electron chi connectivity index (χ0n) is 13.7. The fraction of sp³-hybridized carbons (Fsp3) is 0.333. The first-order valence-electron chi connectivity index (χ1n) is 7.61. The van der Waals surface area contributed by atoms with Crippen LogP contribution in [0.4, 0.5) is 8.78 Å². The van der Waals surface area contributed by atoms with Crippen molar-refractivity contribution in [2.24, 2.45) is 0 Å². The molecule has 0 amide bonds. The van der Waals surface area contributed by atoms with Crippen LogP contribution in [-0.4, -0.2) is 18.3 Å². The predicted octanol–water partition coefficient (Wildman–Crippen LogP) is 3.93. The Morgan fingerprint density at radius 3 is 1.78 bits per heavy atom. The van der Waals surface area contributed by atoms with Gasteiger partial charge in [-0.15, -0.1) is 0 Å². The van der Waals surface area contributed by atoms with Gasteiger partial charge in [0.05, 0.1) is 16.8 Å². The Kier molecular flexibility index (Phi) is 3.81. The Morgan fingerprint density at radius 1 is 0.826 bits per heavy atom. The van der Waals surface area contributed by atoms with Crippen molar-refractivity contribution in [3.8, 4) is 11.1 Å². The topological polar surface area (TPSA) is 18.5 Å². The van der Waals surface area contributed by atoms with Crippen LogP contribution in [0.1, 0.15) is 27.7 Å². The minimum atomic E-state index is -0.783. The van der Waals surface area contributed by atoms with Gasteiger partial charge < -0.3 is 9.31 Å². The average molecular weight is 316 g/mol.